The number of rotatable bonds is 11. The Morgan fingerprint density at radius 3 is 2.45 bits per heavy atom. The maximum atomic E-state index is 11.8. The highest BCUT2D eigenvalue weighted by molar-refractivity contribution is 5.89. The lowest BCUT2D eigenvalue weighted by molar-refractivity contribution is -0.219. The molecule has 0 amide bonds. The molecule has 1 unspecified atom stereocenters. The van der Waals surface area contributed by atoms with Gasteiger partial charge in [0.1, 0.15) is 12.4 Å². The Kier molecular flexibility index (Phi) is 9.31. The summed E-state index contributed by atoms with van der Waals surface area (Å²) in [5.74, 6) is 0.567. The Hall–Kier alpha value is -1.55. The SMILES string of the molecule is CCCCC([CH]OOC(=O)c1ccc(OCCC)cc1)CC. The average molecular weight is 307 g/mol. The molecule has 4 nitrogen and oxygen atoms in total. The number of carbonyl (C=O) groups is 1. The molecule has 0 heterocycles. The second kappa shape index (κ2) is 11.1. The molecule has 0 fully saturated rings. The number of unbranched alkanes of at least 4 members (excludes halogenated alkanes) is 1. The molecule has 1 aromatic rings. The molecule has 0 aromatic heterocycles. The van der Waals surface area contributed by atoms with E-state index in [4.69, 9.17) is 14.5 Å². The molecule has 22 heavy (non-hydrogen) atoms. The van der Waals surface area contributed by atoms with Crippen molar-refractivity contribution in [1.82, 2.24) is 0 Å². The molecule has 0 aliphatic rings. The van der Waals surface area contributed by atoms with Crippen molar-refractivity contribution in [2.45, 2.75) is 52.9 Å². The van der Waals surface area contributed by atoms with Gasteiger partial charge in [-0.2, -0.15) is 4.89 Å². The summed E-state index contributed by atoms with van der Waals surface area (Å²) >= 11 is 0. The summed E-state index contributed by atoms with van der Waals surface area (Å²) in [7, 11) is 0. The van der Waals surface area contributed by atoms with Crippen molar-refractivity contribution < 1.29 is 19.3 Å². The zero-order valence-corrected chi connectivity index (χ0v) is 13.8. The van der Waals surface area contributed by atoms with E-state index in [2.05, 4.69) is 13.8 Å². The Balaban J connectivity index is 2.35. The van der Waals surface area contributed by atoms with Crippen molar-refractivity contribution in [2.24, 2.45) is 5.92 Å². The highest BCUT2D eigenvalue weighted by Gasteiger charge is 2.12. The van der Waals surface area contributed by atoms with Gasteiger partial charge in [-0.25, -0.2) is 4.79 Å². The van der Waals surface area contributed by atoms with Gasteiger partial charge in [0.2, 0.25) is 0 Å². The number of ether oxygens (including phenoxy) is 1. The van der Waals surface area contributed by atoms with Gasteiger partial charge in [-0.15, -0.1) is 0 Å². The van der Waals surface area contributed by atoms with E-state index in [1.54, 1.807) is 30.9 Å². The van der Waals surface area contributed by atoms with E-state index in [0.717, 1.165) is 37.9 Å². The molecule has 123 valence electrons. The molecule has 0 saturated heterocycles. The van der Waals surface area contributed by atoms with Crippen LogP contribution in [-0.2, 0) is 9.78 Å². The summed E-state index contributed by atoms with van der Waals surface area (Å²) in [6.45, 7) is 8.58. The summed E-state index contributed by atoms with van der Waals surface area (Å²) in [5.41, 5.74) is 0.443. The van der Waals surface area contributed by atoms with Gasteiger partial charge in [0.05, 0.1) is 12.2 Å². The van der Waals surface area contributed by atoms with Crippen LogP contribution in [0.1, 0.15) is 63.2 Å². The third-order valence-electron chi connectivity index (χ3n) is 3.39. The van der Waals surface area contributed by atoms with Crippen LogP contribution >= 0.6 is 0 Å². The summed E-state index contributed by atoms with van der Waals surface area (Å²) in [5, 5.41) is 0. The molecule has 0 aliphatic carbocycles. The largest absolute Gasteiger partial charge is 0.494 e. The first-order valence-electron chi connectivity index (χ1n) is 8.15. The van der Waals surface area contributed by atoms with Crippen LogP contribution in [0.5, 0.6) is 5.75 Å². The van der Waals surface area contributed by atoms with Gasteiger partial charge in [0, 0.05) is 0 Å². The normalized spacial score (nSPS) is 12.0. The highest BCUT2D eigenvalue weighted by Crippen LogP contribution is 2.17. The van der Waals surface area contributed by atoms with Crippen molar-refractivity contribution in [2.75, 3.05) is 6.61 Å². The summed E-state index contributed by atoms with van der Waals surface area (Å²) in [6, 6.07) is 6.86. The first kappa shape index (κ1) is 18.5. The summed E-state index contributed by atoms with van der Waals surface area (Å²) in [6.07, 6.45) is 5.27. The van der Waals surface area contributed by atoms with E-state index >= 15 is 0 Å². The third kappa shape index (κ3) is 6.94. The molecule has 0 aliphatic heterocycles. The van der Waals surface area contributed by atoms with E-state index in [1.807, 2.05) is 6.92 Å². The minimum atomic E-state index is -0.497. The molecular weight excluding hydrogens is 280 g/mol. The highest BCUT2D eigenvalue weighted by atomic mass is 17.2. The van der Waals surface area contributed by atoms with Crippen LogP contribution in [0.15, 0.2) is 24.3 Å². The zero-order valence-electron chi connectivity index (χ0n) is 13.8. The van der Waals surface area contributed by atoms with E-state index < -0.39 is 5.97 Å². The van der Waals surface area contributed by atoms with Crippen molar-refractivity contribution in [1.29, 1.82) is 0 Å². The van der Waals surface area contributed by atoms with Gasteiger partial charge in [0.15, 0.2) is 0 Å². The predicted octanol–water partition coefficient (Wildman–Crippen LogP) is 4.94. The van der Waals surface area contributed by atoms with Crippen LogP contribution in [0.3, 0.4) is 0 Å². The Morgan fingerprint density at radius 2 is 1.86 bits per heavy atom. The molecule has 1 rings (SSSR count). The third-order valence-corrected chi connectivity index (χ3v) is 3.39. The number of carbonyl (C=O) groups excluding carboxylic acids is 1. The van der Waals surface area contributed by atoms with Crippen LogP contribution in [0.2, 0.25) is 0 Å². The molecule has 4 heteroatoms. The first-order valence-corrected chi connectivity index (χ1v) is 8.15. The summed E-state index contributed by atoms with van der Waals surface area (Å²) in [4.78, 5) is 21.7. The maximum absolute atomic E-state index is 11.8. The van der Waals surface area contributed by atoms with Gasteiger partial charge >= 0.3 is 5.97 Å². The molecule has 0 spiro atoms. The lowest BCUT2D eigenvalue weighted by atomic mass is 10.0. The van der Waals surface area contributed by atoms with E-state index in [-0.39, 0.29) is 0 Å². The second-order valence-electron chi connectivity index (χ2n) is 5.29. The number of hydrogen-bond donors (Lipinski definition) is 0. The van der Waals surface area contributed by atoms with Crippen LogP contribution in [0.25, 0.3) is 0 Å². The standard InChI is InChI=1S/C18H27O4/c1-4-7-8-15(6-3)14-21-22-18(19)16-9-11-17(12-10-16)20-13-5-2/h9-12,14-15H,4-8,13H2,1-3H3. The van der Waals surface area contributed by atoms with Crippen molar-refractivity contribution in [3.8, 4) is 5.75 Å². The Bertz CT molecular complexity index is 414. The predicted molar refractivity (Wildman–Crippen MR) is 86.3 cm³/mol. The molecule has 1 aromatic carbocycles. The first-order chi connectivity index (χ1) is 10.7. The van der Waals surface area contributed by atoms with Gasteiger partial charge in [0.25, 0.3) is 0 Å². The van der Waals surface area contributed by atoms with Crippen LogP contribution in [0.4, 0.5) is 0 Å². The fourth-order valence-electron chi connectivity index (χ4n) is 1.94. The van der Waals surface area contributed by atoms with Crippen LogP contribution < -0.4 is 4.74 Å². The number of hydrogen-bond acceptors (Lipinski definition) is 4. The molecule has 1 radical (unpaired) electrons. The topological polar surface area (TPSA) is 44.8 Å². The molecule has 0 saturated carbocycles. The summed E-state index contributed by atoms with van der Waals surface area (Å²) < 4.78 is 5.47. The lowest BCUT2D eigenvalue weighted by Gasteiger charge is -2.12. The minimum absolute atomic E-state index is 0.317. The second-order valence-corrected chi connectivity index (χ2v) is 5.29. The molecule has 0 N–H and O–H groups in total. The van der Waals surface area contributed by atoms with Crippen molar-refractivity contribution >= 4 is 5.97 Å². The van der Waals surface area contributed by atoms with Gasteiger partial charge < -0.3 is 4.74 Å². The fourth-order valence-corrected chi connectivity index (χ4v) is 1.94. The monoisotopic (exact) mass is 307 g/mol. The fraction of sp³-hybridized carbons (Fsp3) is 0.556. The van der Waals surface area contributed by atoms with Crippen molar-refractivity contribution in [3.05, 3.63) is 36.4 Å². The number of benzene rings is 1. The Morgan fingerprint density at radius 1 is 1.14 bits per heavy atom. The quantitative estimate of drug-likeness (QED) is 0.429. The maximum Gasteiger partial charge on any atom is 0.373 e. The molecular formula is C18H27O4. The zero-order chi connectivity index (χ0) is 16.2. The lowest BCUT2D eigenvalue weighted by Crippen LogP contribution is -2.09. The van der Waals surface area contributed by atoms with Crippen LogP contribution in [-0.4, -0.2) is 12.6 Å². The Labute approximate surface area is 133 Å². The van der Waals surface area contributed by atoms with E-state index in [0.29, 0.717) is 18.1 Å². The molecule has 1 atom stereocenters. The average Bonchev–Trinajstić information content (AvgIpc) is 2.56. The molecule has 0 bridgehead atoms. The van der Waals surface area contributed by atoms with Gasteiger partial charge in [-0.05, 0) is 43.0 Å². The van der Waals surface area contributed by atoms with E-state index in [9.17, 15) is 4.79 Å². The van der Waals surface area contributed by atoms with Crippen LogP contribution in [0, 0.1) is 12.5 Å². The van der Waals surface area contributed by atoms with Gasteiger partial charge in [-0.3, -0.25) is 4.89 Å². The van der Waals surface area contributed by atoms with E-state index in [1.165, 1.54) is 0 Å². The minimum Gasteiger partial charge on any atom is -0.494 e. The smallest absolute Gasteiger partial charge is 0.373 e. The van der Waals surface area contributed by atoms with Gasteiger partial charge in [-0.1, -0.05) is 40.0 Å². The van der Waals surface area contributed by atoms with Crippen molar-refractivity contribution in [3.63, 3.8) is 0 Å².